The van der Waals surface area contributed by atoms with Crippen LogP contribution in [-0.4, -0.2) is 6.04 Å². The number of para-hydroxylation sites is 1. The van der Waals surface area contributed by atoms with Crippen LogP contribution in [0, 0.1) is 0 Å². The van der Waals surface area contributed by atoms with Crippen LogP contribution in [0.25, 0.3) is 0 Å². The molecule has 21 heavy (non-hydrogen) atoms. The summed E-state index contributed by atoms with van der Waals surface area (Å²) in [7, 11) is 0. The fourth-order valence-electron chi connectivity index (χ4n) is 2.73. The Balaban J connectivity index is 0.000000173. The first-order chi connectivity index (χ1) is 10.4. The number of benzene rings is 2. The Hall–Kier alpha value is -1.76. The minimum absolute atomic E-state index is 0.719. The maximum atomic E-state index is 3.58. The highest BCUT2D eigenvalue weighted by atomic mass is 14.9. The lowest BCUT2D eigenvalue weighted by molar-refractivity contribution is 0.463. The Morgan fingerprint density at radius 1 is 0.810 bits per heavy atom. The van der Waals surface area contributed by atoms with E-state index in [9.17, 15) is 0 Å². The summed E-state index contributed by atoms with van der Waals surface area (Å²) in [5.41, 5.74) is 2.68. The molecule has 1 aliphatic carbocycles. The first-order valence-electron chi connectivity index (χ1n) is 8.24. The van der Waals surface area contributed by atoms with Gasteiger partial charge in [-0.25, -0.2) is 0 Å². The highest BCUT2D eigenvalue weighted by Crippen LogP contribution is 2.21. The Labute approximate surface area is 129 Å². The van der Waals surface area contributed by atoms with Crippen molar-refractivity contribution in [2.24, 2.45) is 0 Å². The van der Waals surface area contributed by atoms with Crippen LogP contribution < -0.4 is 5.32 Å². The molecule has 1 N–H and O–H groups in total. The summed E-state index contributed by atoms with van der Waals surface area (Å²) in [6.45, 7) is 2.16. The van der Waals surface area contributed by atoms with Crippen molar-refractivity contribution >= 4 is 5.69 Å². The van der Waals surface area contributed by atoms with Gasteiger partial charge in [-0.1, -0.05) is 74.7 Å². The van der Waals surface area contributed by atoms with E-state index in [-0.39, 0.29) is 0 Å². The predicted molar refractivity (Wildman–Crippen MR) is 92.8 cm³/mol. The maximum absolute atomic E-state index is 3.58. The molecule has 0 bridgehead atoms. The highest BCUT2D eigenvalue weighted by molar-refractivity contribution is 5.43. The normalized spacial score (nSPS) is 14.9. The molecular formula is C20H27N. The first kappa shape index (κ1) is 15.6. The molecule has 112 valence electrons. The molecule has 0 amide bonds. The van der Waals surface area contributed by atoms with E-state index in [0.29, 0.717) is 0 Å². The number of rotatable bonds is 3. The van der Waals surface area contributed by atoms with Gasteiger partial charge in [0.25, 0.3) is 0 Å². The van der Waals surface area contributed by atoms with Crippen molar-refractivity contribution in [3.8, 4) is 0 Å². The van der Waals surface area contributed by atoms with Crippen molar-refractivity contribution in [3.63, 3.8) is 0 Å². The largest absolute Gasteiger partial charge is 0.382 e. The summed E-state index contributed by atoms with van der Waals surface area (Å²) < 4.78 is 0. The lowest BCUT2D eigenvalue weighted by Gasteiger charge is -2.23. The standard InChI is InChI=1S/C12H17N.C8H10/c1-3-7-11(8-4-1)13-12-9-5-2-6-10-12;1-2-8-6-4-3-5-7-8/h1,3-4,7-8,12-13H,2,5-6,9-10H2;3-7H,2H2,1H3. The molecule has 2 aromatic carbocycles. The third-order valence-electron chi connectivity index (χ3n) is 4.00. The van der Waals surface area contributed by atoms with Gasteiger partial charge in [-0.05, 0) is 37.0 Å². The van der Waals surface area contributed by atoms with Crippen LogP contribution in [0.2, 0.25) is 0 Å². The van der Waals surface area contributed by atoms with Gasteiger partial charge in [-0.2, -0.15) is 0 Å². The molecule has 1 aliphatic rings. The van der Waals surface area contributed by atoms with Gasteiger partial charge in [0.05, 0.1) is 0 Å². The molecule has 0 heterocycles. The molecule has 3 rings (SSSR count). The topological polar surface area (TPSA) is 12.0 Å². The minimum atomic E-state index is 0.719. The van der Waals surface area contributed by atoms with E-state index in [1.165, 1.54) is 43.4 Å². The molecular weight excluding hydrogens is 254 g/mol. The smallest absolute Gasteiger partial charge is 0.0342 e. The van der Waals surface area contributed by atoms with Gasteiger partial charge >= 0.3 is 0 Å². The predicted octanol–water partition coefficient (Wildman–Crippen LogP) is 5.68. The summed E-state index contributed by atoms with van der Waals surface area (Å²) in [5.74, 6) is 0. The molecule has 2 aromatic rings. The number of nitrogens with one attached hydrogen (secondary N) is 1. The fourth-order valence-corrected chi connectivity index (χ4v) is 2.73. The van der Waals surface area contributed by atoms with Crippen LogP contribution in [0.4, 0.5) is 5.69 Å². The van der Waals surface area contributed by atoms with Gasteiger partial charge in [-0.3, -0.25) is 0 Å². The Bertz CT molecular complexity index is 472. The van der Waals surface area contributed by atoms with E-state index in [1.807, 2.05) is 6.07 Å². The van der Waals surface area contributed by atoms with E-state index in [1.54, 1.807) is 0 Å². The minimum Gasteiger partial charge on any atom is -0.382 e. The molecule has 0 atom stereocenters. The third kappa shape index (κ3) is 6.03. The van der Waals surface area contributed by atoms with E-state index < -0.39 is 0 Å². The highest BCUT2D eigenvalue weighted by Gasteiger charge is 2.12. The molecule has 1 saturated carbocycles. The molecule has 1 heteroatoms. The average molecular weight is 281 g/mol. The Morgan fingerprint density at radius 2 is 1.38 bits per heavy atom. The zero-order valence-electron chi connectivity index (χ0n) is 13.1. The molecule has 0 saturated heterocycles. The second-order valence-electron chi connectivity index (χ2n) is 5.68. The summed E-state index contributed by atoms with van der Waals surface area (Å²) in [5, 5.41) is 3.58. The van der Waals surface area contributed by atoms with E-state index in [4.69, 9.17) is 0 Å². The summed E-state index contributed by atoms with van der Waals surface area (Å²) >= 11 is 0. The van der Waals surface area contributed by atoms with Crippen molar-refractivity contribution in [1.82, 2.24) is 0 Å². The van der Waals surface area contributed by atoms with Gasteiger partial charge in [0.1, 0.15) is 0 Å². The van der Waals surface area contributed by atoms with Crippen molar-refractivity contribution < 1.29 is 0 Å². The van der Waals surface area contributed by atoms with Crippen LogP contribution in [0.1, 0.15) is 44.6 Å². The van der Waals surface area contributed by atoms with Gasteiger partial charge in [-0.15, -0.1) is 0 Å². The van der Waals surface area contributed by atoms with Crippen molar-refractivity contribution in [3.05, 3.63) is 66.2 Å². The lowest BCUT2D eigenvalue weighted by atomic mass is 9.95. The molecule has 0 aromatic heterocycles. The summed E-state index contributed by atoms with van der Waals surface area (Å²) in [6.07, 6.45) is 8.03. The Kier molecular flexibility index (Phi) is 6.87. The Morgan fingerprint density at radius 3 is 1.90 bits per heavy atom. The van der Waals surface area contributed by atoms with Crippen LogP contribution in [0.5, 0.6) is 0 Å². The number of hydrogen-bond donors (Lipinski definition) is 1. The SMILES string of the molecule is CCc1ccccc1.c1ccc(NC2CCCCC2)cc1. The van der Waals surface area contributed by atoms with Crippen LogP contribution >= 0.6 is 0 Å². The molecule has 1 nitrogen and oxygen atoms in total. The zero-order valence-corrected chi connectivity index (χ0v) is 13.1. The number of anilines is 1. The van der Waals surface area contributed by atoms with Crippen molar-refractivity contribution in [1.29, 1.82) is 0 Å². The monoisotopic (exact) mass is 281 g/mol. The van der Waals surface area contributed by atoms with Gasteiger partial charge in [0, 0.05) is 11.7 Å². The van der Waals surface area contributed by atoms with Crippen molar-refractivity contribution in [2.75, 3.05) is 5.32 Å². The summed E-state index contributed by atoms with van der Waals surface area (Å²) in [6, 6.07) is 21.7. The van der Waals surface area contributed by atoms with Crippen LogP contribution in [0.15, 0.2) is 60.7 Å². The second kappa shape index (κ2) is 9.23. The first-order valence-corrected chi connectivity index (χ1v) is 8.24. The van der Waals surface area contributed by atoms with Crippen molar-refractivity contribution in [2.45, 2.75) is 51.5 Å². The fraction of sp³-hybridized carbons (Fsp3) is 0.400. The van der Waals surface area contributed by atoms with Crippen LogP contribution in [0.3, 0.4) is 0 Å². The number of hydrogen-bond acceptors (Lipinski definition) is 1. The van der Waals surface area contributed by atoms with Gasteiger partial charge in [0.15, 0.2) is 0 Å². The van der Waals surface area contributed by atoms with Gasteiger partial charge in [0.2, 0.25) is 0 Å². The number of aryl methyl sites for hydroxylation is 1. The molecule has 0 unspecified atom stereocenters. The average Bonchev–Trinajstić information content (AvgIpc) is 2.58. The molecule has 0 spiro atoms. The third-order valence-corrected chi connectivity index (χ3v) is 4.00. The van der Waals surface area contributed by atoms with Gasteiger partial charge < -0.3 is 5.32 Å². The quantitative estimate of drug-likeness (QED) is 0.763. The summed E-state index contributed by atoms with van der Waals surface area (Å²) in [4.78, 5) is 0. The van der Waals surface area contributed by atoms with Crippen LogP contribution in [-0.2, 0) is 6.42 Å². The molecule has 0 radical (unpaired) electrons. The van der Waals surface area contributed by atoms with E-state index >= 15 is 0 Å². The molecule has 1 fully saturated rings. The van der Waals surface area contributed by atoms with E-state index in [2.05, 4.69) is 66.8 Å². The molecule has 0 aliphatic heterocycles. The van der Waals surface area contributed by atoms with E-state index in [0.717, 1.165) is 12.5 Å². The maximum Gasteiger partial charge on any atom is 0.0342 e. The second-order valence-corrected chi connectivity index (χ2v) is 5.68. The zero-order chi connectivity index (χ0) is 14.8. The lowest BCUT2D eigenvalue weighted by Crippen LogP contribution is -2.21.